The number of hydrogen-bond acceptors (Lipinski definition) is 1. The lowest BCUT2D eigenvalue weighted by Crippen LogP contribution is -2.04. The summed E-state index contributed by atoms with van der Waals surface area (Å²) in [7, 11) is 0. The van der Waals surface area contributed by atoms with Gasteiger partial charge in [0.1, 0.15) is 5.75 Å². The smallest absolute Gasteiger partial charge is 0.123 e. The quantitative estimate of drug-likeness (QED) is 0.726. The molecular formula is C14H16O. The van der Waals surface area contributed by atoms with E-state index < -0.39 is 0 Å². The van der Waals surface area contributed by atoms with Gasteiger partial charge in [0.2, 0.25) is 0 Å². The average molecular weight is 200 g/mol. The molecule has 1 fully saturated rings. The Morgan fingerprint density at radius 1 is 1.27 bits per heavy atom. The van der Waals surface area contributed by atoms with Crippen molar-refractivity contribution in [2.45, 2.75) is 25.7 Å². The van der Waals surface area contributed by atoms with E-state index in [1.807, 2.05) is 0 Å². The van der Waals surface area contributed by atoms with Crippen molar-refractivity contribution in [3.63, 3.8) is 0 Å². The van der Waals surface area contributed by atoms with Gasteiger partial charge in [0.25, 0.3) is 0 Å². The molecule has 0 bridgehead atoms. The monoisotopic (exact) mass is 200 g/mol. The third-order valence-electron chi connectivity index (χ3n) is 3.20. The van der Waals surface area contributed by atoms with Crippen LogP contribution in [0.3, 0.4) is 0 Å². The molecule has 0 unspecified atom stereocenters. The Balaban J connectivity index is 1.82. The third-order valence-corrected chi connectivity index (χ3v) is 3.20. The number of allylic oxidation sites excluding steroid dienone is 1. The number of benzene rings is 1. The lowest BCUT2D eigenvalue weighted by atomic mass is 9.97. The Kier molecular flexibility index (Phi) is 2.24. The third kappa shape index (κ3) is 1.92. The Morgan fingerprint density at radius 2 is 2.20 bits per heavy atom. The van der Waals surface area contributed by atoms with Crippen LogP contribution in [0.4, 0.5) is 0 Å². The number of fused-ring (bicyclic) bond motifs is 1. The highest BCUT2D eigenvalue weighted by Gasteiger charge is 2.22. The molecule has 1 aromatic rings. The molecule has 2 aliphatic carbocycles. The highest BCUT2D eigenvalue weighted by Crippen LogP contribution is 2.32. The van der Waals surface area contributed by atoms with Crippen molar-refractivity contribution in [1.82, 2.24) is 0 Å². The number of rotatable bonds is 3. The van der Waals surface area contributed by atoms with Crippen LogP contribution in [-0.2, 0) is 6.42 Å². The van der Waals surface area contributed by atoms with Crippen LogP contribution in [0, 0.1) is 5.92 Å². The first kappa shape index (κ1) is 9.02. The van der Waals surface area contributed by atoms with Gasteiger partial charge in [-0.05, 0) is 43.2 Å². The summed E-state index contributed by atoms with van der Waals surface area (Å²) < 4.78 is 5.89. The summed E-state index contributed by atoms with van der Waals surface area (Å²) in [4.78, 5) is 0. The molecule has 2 aliphatic rings. The molecule has 0 atom stereocenters. The van der Waals surface area contributed by atoms with Gasteiger partial charge >= 0.3 is 0 Å². The highest BCUT2D eigenvalue weighted by molar-refractivity contribution is 5.60. The first-order chi connectivity index (χ1) is 7.43. The molecule has 0 aliphatic heterocycles. The fourth-order valence-electron chi connectivity index (χ4n) is 2.07. The standard InChI is InChI=1S/C14H16O/c1-2-6-13-12(4-1)5-3-7-14(13)15-10-11-8-9-11/h1,3-5,7,11H,2,6,8-10H2. The second-order valence-electron chi connectivity index (χ2n) is 4.52. The summed E-state index contributed by atoms with van der Waals surface area (Å²) in [6.07, 6.45) is 9.45. The maximum Gasteiger partial charge on any atom is 0.123 e. The van der Waals surface area contributed by atoms with E-state index in [2.05, 4.69) is 30.4 Å². The Morgan fingerprint density at radius 3 is 3.07 bits per heavy atom. The average Bonchev–Trinajstić information content (AvgIpc) is 3.10. The summed E-state index contributed by atoms with van der Waals surface area (Å²) in [6.45, 7) is 0.917. The SMILES string of the molecule is C1=Cc2cccc(OCC3CC3)c2CC1. The van der Waals surface area contributed by atoms with E-state index in [-0.39, 0.29) is 0 Å². The summed E-state index contributed by atoms with van der Waals surface area (Å²) in [5.74, 6) is 1.95. The van der Waals surface area contributed by atoms with E-state index in [1.54, 1.807) is 0 Å². The van der Waals surface area contributed by atoms with Crippen LogP contribution >= 0.6 is 0 Å². The van der Waals surface area contributed by atoms with Gasteiger partial charge < -0.3 is 4.74 Å². The fraction of sp³-hybridized carbons (Fsp3) is 0.429. The molecule has 15 heavy (non-hydrogen) atoms. The van der Waals surface area contributed by atoms with Crippen LogP contribution in [0.25, 0.3) is 6.08 Å². The van der Waals surface area contributed by atoms with E-state index in [0.717, 1.165) is 31.1 Å². The van der Waals surface area contributed by atoms with Crippen molar-refractivity contribution in [1.29, 1.82) is 0 Å². The van der Waals surface area contributed by atoms with Crippen LogP contribution < -0.4 is 4.74 Å². The molecule has 3 rings (SSSR count). The van der Waals surface area contributed by atoms with Crippen LogP contribution in [0.5, 0.6) is 5.75 Å². The van der Waals surface area contributed by atoms with Gasteiger partial charge in [-0.3, -0.25) is 0 Å². The zero-order chi connectivity index (χ0) is 10.1. The highest BCUT2D eigenvalue weighted by atomic mass is 16.5. The van der Waals surface area contributed by atoms with E-state index >= 15 is 0 Å². The molecule has 0 spiro atoms. The Bertz CT molecular complexity index is 388. The van der Waals surface area contributed by atoms with Gasteiger partial charge in [-0.1, -0.05) is 24.3 Å². The van der Waals surface area contributed by atoms with Crippen molar-refractivity contribution in [3.05, 3.63) is 35.4 Å². The largest absolute Gasteiger partial charge is 0.493 e. The molecule has 78 valence electrons. The molecular weight excluding hydrogens is 184 g/mol. The molecule has 1 saturated carbocycles. The number of ether oxygens (including phenoxy) is 1. The van der Waals surface area contributed by atoms with E-state index in [0.29, 0.717) is 0 Å². The predicted octanol–water partition coefficient (Wildman–Crippen LogP) is 3.43. The lowest BCUT2D eigenvalue weighted by Gasteiger charge is -2.15. The maximum absolute atomic E-state index is 5.89. The molecule has 0 aromatic heterocycles. The van der Waals surface area contributed by atoms with Crippen molar-refractivity contribution < 1.29 is 4.74 Å². The zero-order valence-electron chi connectivity index (χ0n) is 8.91. The fourth-order valence-corrected chi connectivity index (χ4v) is 2.07. The van der Waals surface area contributed by atoms with E-state index in [1.165, 1.54) is 24.0 Å². The number of hydrogen-bond donors (Lipinski definition) is 0. The predicted molar refractivity (Wildman–Crippen MR) is 62.0 cm³/mol. The minimum atomic E-state index is 0.833. The van der Waals surface area contributed by atoms with Gasteiger partial charge in [0, 0.05) is 5.56 Å². The van der Waals surface area contributed by atoms with Gasteiger partial charge in [0.15, 0.2) is 0 Å². The van der Waals surface area contributed by atoms with Gasteiger partial charge in [-0.2, -0.15) is 0 Å². The van der Waals surface area contributed by atoms with Gasteiger partial charge in [-0.25, -0.2) is 0 Å². The minimum Gasteiger partial charge on any atom is -0.493 e. The van der Waals surface area contributed by atoms with Crippen molar-refractivity contribution in [2.75, 3.05) is 6.61 Å². The molecule has 1 aromatic carbocycles. The van der Waals surface area contributed by atoms with E-state index in [9.17, 15) is 0 Å². The molecule has 0 saturated heterocycles. The summed E-state index contributed by atoms with van der Waals surface area (Å²) >= 11 is 0. The first-order valence-corrected chi connectivity index (χ1v) is 5.85. The van der Waals surface area contributed by atoms with Crippen molar-refractivity contribution in [2.24, 2.45) is 5.92 Å². The minimum absolute atomic E-state index is 0.833. The lowest BCUT2D eigenvalue weighted by molar-refractivity contribution is 0.296. The van der Waals surface area contributed by atoms with Gasteiger partial charge in [-0.15, -0.1) is 0 Å². The normalized spacial score (nSPS) is 18.7. The summed E-state index contributed by atoms with van der Waals surface area (Å²) in [6, 6.07) is 6.38. The molecule has 0 amide bonds. The summed E-state index contributed by atoms with van der Waals surface area (Å²) in [5, 5.41) is 0. The molecule has 0 N–H and O–H groups in total. The molecule has 0 radical (unpaired) electrons. The van der Waals surface area contributed by atoms with E-state index in [4.69, 9.17) is 4.74 Å². The Labute approximate surface area is 90.8 Å². The summed E-state index contributed by atoms with van der Waals surface area (Å²) in [5.41, 5.74) is 2.75. The van der Waals surface area contributed by atoms with Crippen LogP contribution in [0.15, 0.2) is 24.3 Å². The van der Waals surface area contributed by atoms with Gasteiger partial charge in [0.05, 0.1) is 6.61 Å². The first-order valence-electron chi connectivity index (χ1n) is 5.85. The van der Waals surface area contributed by atoms with Crippen LogP contribution in [0.1, 0.15) is 30.4 Å². The second kappa shape index (κ2) is 3.73. The zero-order valence-corrected chi connectivity index (χ0v) is 8.91. The topological polar surface area (TPSA) is 9.23 Å². The Hall–Kier alpha value is -1.24. The molecule has 1 heteroatoms. The molecule has 1 nitrogen and oxygen atoms in total. The van der Waals surface area contributed by atoms with Crippen LogP contribution in [-0.4, -0.2) is 6.61 Å². The maximum atomic E-state index is 5.89. The van der Waals surface area contributed by atoms with Crippen molar-refractivity contribution in [3.8, 4) is 5.75 Å². The second-order valence-corrected chi connectivity index (χ2v) is 4.52. The van der Waals surface area contributed by atoms with Crippen molar-refractivity contribution >= 4 is 6.08 Å². The molecule has 0 heterocycles. The van der Waals surface area contributed by atoms with Crippen LogP contribution in [0.2, 0.25) is 0 Å².